The van der Waals surface area contributed by atoms with Gasteiger partial charge in [-0.3, -0.25) is 9.78 Å². The van der Waals surface area contributed by atoms with Crippen molar-refractivity contribution in [3.8, 4) is 0 Å². The first-order valence-electron chi connectivity index (χ1n) is 7.37. The lowest BCUT2D eigenvalue weighted by atomic mass is 9.78. The van der Waals surface area contributed by atoms with Gasteiger partial charge in [-0.15, -0.1) is 0 Å². The lowest BCUT2D eigenvalue weighted by Crippen LogP contribution is -2.44. The number of aromatic nitrogens is 1. The highest BCUT2D eigenvalue weighted by Gasteiger charge is 2.41. The first-order chi connectivity index (χ1) is 9.70. The number of carbonyl (C=O) groups is 1. The SMILES string of the molecule is Cc1ccncc1C(=O)C1CCOC2(CCSCC2)C1. The van der Waals surface area contributed by atoms with Crippen molar-refractivity contribution in [3.05, 3.63) is 29.6 Å². The molecule has 20 heavy (non-hydrogen) atoms. The van der Waals surface area contributed by atoms with Gasteiger partial charge in [0.1, 0.15) is 0 Å². The Morgan fingerprint density at radius 2 is 2.25 bits per heavy atom. The fourth-order valence-electron chi connectivity index (χ4n) is 3.29. The first-order valence-corrected chi connectivity index (χ1v) is 8.52. The Kier molecular flexibility index (Phi) is 4.13. The average Bonchev–Trinajstić information content (AvgIpc) is 2.48. The van der Waals surface area contributed by atoms with Crippen LogP contribution in [-0.2, 0) is 4.74 Å². The molecule has 2 fully saturated rings. The molecule has 108 valence electrons. The van der Waals surface area contributed by atoms with Crippen LogP contribution in [0.5, 0.6) is 0 Å². The summed E-state index contributed by atoms with van der Waals surface area (Å²) >= 11 is 2.00. The van der Waals surface area contributed by atoms with Gasteiger partial charge in [-0.05, 0) is 55.7 Å². The van der Waals surface area contributed by atoms with Gasteiger partial charge in [-0.25, -0.2) is 0 Å². The molecule has 3 nitrogen and oxygen atoms in total. The number of hydrogen-bond donors (Lipinski definition) is 0. The van der Waals surface area contributed by atoms with E-state index in [0.29, 0.717) is 0 Å². The molecule has 2 aliphatic rings. The van der Waals surface area contributed by atoms with E-state index in [0.717, 1.165) is 54.9 Å². The molecule has 1 spiro atoms. The summed E-state index contributed by atoms with van der Waals surface area (Å²) in [5, 5.41) is 0. The van der Waals surface area contributed by atoms with Crippen molar-refractivity contribution in [1.82, 2.24) is 4.98 Å². The molecule has 1 aromatic heterocycles. The van der Waals surface area contributed by atoms with E-state index in [4.69, 9.17) is 4.74 Å². The zero-order chi connectivity index (χ0) is 14.0. The van der Waals surface area contributed by atoms with E-state index in [1.54, 1.807) is 12.4 Å². The van der Waals surface area contributed by atoms with Crippen molar-refractivity contribution < 1.29 is 9.53 Å². The van der Waals surface area contributed by atoms with Crippen molar-refractivity contribution in [2.24, 2.45) is 5.92 Å². The summed E-state index contributed by atoms with van der Waals surface area (Å²) in [5.41, 5.74) is 1.80. The number of ether oxygens (including phenoxy) is 1. The zero-order valence-corrected chi connectivity index (χ0v) is 12.7. The molecule has 1 atom stereocenters. The Balaban J connectivity index is 1.77. The number of ketones is 1. The second kappa shape index (κ2) is 5.86. The van der Waals surface area contributed by atoms with E-state index in [-0.39, 0.29) is 17.3 Å². The van der Waals surface area contributed by atoms with E-state index in [1.165, 1.54) is 0 Å². The fourth-order valence-corrected chi connectivity index (χ4v) is 4.52. The summed E-state index contributed by atoms with van der Waals surface area (Å²) in [6.07, 6.45) is 7.39. The van der Waals surface area contributed by atoms with Gasteiger partial charge < -0.3 is 4.74 Å². The molecule has 0 radical (unpaired) electrons. The third-order valence-corrected chi connectivity index (χ3v) is 5.56. The smallest absolute Gasteiger partial charge is 0.167 e. The number of Topliss-reactive ketones (excluding diaryl/α,β-unsaturated/α-hetero) is 1. The Hall–Kier alpha value is -0.870. The number of pyridine rings is 1. The maximum absolute atomic E-state index is 12.7. The molecule has 2 saturated heterocycles. The number of nitrogens with zero attached hydrogens (tertiary/aromatic N) is 1. The lowest BCUT2D eigenvalue weighted by Gasteiger charge is -2.43. The monoisotopic (exact) mass is 291 g/mol. The zero-order valence-electron chi connectivity index (χ0n) is 11.9. The molecule has 1 aromatic rings. The van der Waals surface area contributed by atoms with E-state index >= 15 is 0 Å². The molecule has 0 saturated carbocycles. The molecule has 0 amide bonds. The number of aryl methyl sites for hydroxylation is 1. The quantitative estimate of drug-likeness (QED) is 0.784. The molecule has 4 heteroatoms. The standard InChI is InChI=1S/C16H21NO2S/c1-12-2-6-17-11-14(12)15(18)13-3-7-19-16(10-13)4-8-20-9-5-16/h2,6,11,13H,3-5,7-10H2,1H3. The van der Waals surface area contributed by atoms with Gasteiger partial charge in [0.05, 0.1) is 5.60 Å². The Labute approximate surface area is 124 Å². The summed E-state index contributed by atoms with van der Waals surface area (Å²) in [6.45, 7) is 2.71. The summed E-state index contributed by atoms with van der Waals surface area (Å²) in [7, 11) is 0. The van der Waals surface area contributed by atoms with E-state index in [1.807, 2.05) is 24.8 Å². The topological polar surface area (TPSA) is 39.2 Å². The fraction of sp³-hybridized carbons (Fsp3) is 0.625. The predicted molar refractivity (Wildman–Crippen MR) is 81.3 cm³/mol. The van der Waals surface area contributed by atoms with Gasteiger partial charge in [0, 0.05) is 30.5 Å². The van der Waals surface area contributed by atoms with Crippen LogP contribution < -0.4 is 0 Å². The van der Waals surface area contributed by atoms with Crippen LogP contribution in [0.25, 0.3) is 0 Å². The van der Waals surface area contributed by atoms with Crippen LogP contribution in [0, 0.1) is 12.8 Å². The van der Waals surface area contributed by atoms with Crippen LogP contribution in [0.3, 0.4) is 0 Å². The third kappa shape index (κ3) is 2.77. The van der Waals surface area contributed by atoms with Crippen LogP contribution >= 0.6 is 11.8 Å². The molecule has 0 bridgehead atoms. The minimum Gasteiger partial charge on any atom is -0.375 e. The van der Waals surface area contributed by atoms with Crippen molar-refractivity contribution in [3.63, 3.8) is 0 Å². The van der Waals surface area contributed by atoms with Crippen molar-refractivity contribution >= 4 is 17.5 Å². The van der Waals surface area contributed by atoms with Crippen LogP contribution in [-0.4, -0.2) is 34.5 Å². The Bertz CT molecular complexity index is 491. The Morgan fingerprint density at radius 1 is 1.45 bits per heavy atom. The minimum absolute atomic E-state index is 0.0278. The predicted octanol–water partition coefficient (Wildman–Crippen LogP) is 3.27. The van der Waals surface area contributed by atoms with Crippen LogP contribution in [0.2, 0.25) is 0 Å². The first kappa shape index (κ1) is 14.1. The van der Waals surface area contributed by atoms with Crippen molar-refractivity contribution in [1.29, 1.82) is 0 Å². The number of rotatable bonds is 2. The summed E-state index contributed by atoms with van der Waals surface area (Å²) < 4.78 is 6.07. The lowest BCUT2D eigenvalue weighted by molar-refractivity contribution is -0.0959. The van der Waals surface area contributed by atoms with Gasteiger partial charge in [0.2, 0.25) is 0 Å². The summed E-state index contributed by atoms with van der Waals surface area (Å²) in [6, 6.07) is 1.92. The van der Waals surface area contributed by atoms with E-state index in [2.05, 4.69) is 4.98 Å². The van der Waals surface area contributed by atoms with Crippen molar-refractivity contribution in [2.75, 3.05) is 18.1 Å². The number of hydrogen-bond acceptors (Lipinski definition) is 4. The van der Waals surface area contributed by atoms with Crippen molar-refractivity contribution in [2.45, 2.75) is 38.2 Å². The van der Waals surface area contributed by atoms with Gasteiger partial charge in [0.25, 0.3) is 0 Å². The maximum atomic E-state index is 12.7. The minimum atomic E-state index is -0.0278. The van der Waals surface area contributed by atoms with Gasteiger partial charge in [0.15, 0.2) is 5.78 Å². The molecule has 1 unspecified atom stereocenters. The largest absolute Gasteiger partial charge is 0.375 e. The van der Waals surface area contributed by atoms with Crippen LogP contribution in [0.4, 0.5) is 0 Å². The van der Waals surface area contributed by atoms with Gasteiger partial charge in [-0.1, -0.05) is 0 Å². The normalized spacial score (nSPS) is 25.6. The average molecular weight is 291 g/mol. The molecule has 3 rings (SSSR count). The van der Waals surface area contributed by atoms with Crippen LogP contribution in [0.15, 0.2) is 18.5 Å². The summed E-state index contributed by atoms with van der Waals surface area (Å²) in [5.74, 6) is 2.69. The second-order valence-corrected chi connectivity index (χ2v) is 7.11. The highest BCUT2D eigenvalue weighted by atomic mass is 32.2. The molecule has 0 N–H and O–H groups in total. The van der Waals surface area contributed by atoms with Crippen LogP contribution in [0.1, 0.15) is 41.6 Å². The molecule has 2 aliphatic heterocycles. The Morgan fingerprint density at radius 3 is 3.00 bits per heavy atom. The molecular weight excluding hydrogens is 270 g/mol. The van der Waals surface area contributed by atoms with Gasteiger partial charge in [-0.2, -0.15) is 11.8 Å². The second-order valence-electron chi connectivity index (χ2n) is 5.89. The number of carbonyl (C=O) groups excluding carboxylic acids is 1. The number of thioether (sulfide) groups is 1. The maximum Gasteiger partial charge on any atom is 0.167 e. The van der Waals surface area contributed by atoms with Gasteiger partial charge >= 0.3 is 0 Å². The van der Waals surface area contributed by atoms with E-state index in [9.17, 15) is 4.79 Å². The molecule has 0 aromatic carbocycles. The molecule has 0 aliphatic carbocycles. The third-order valence-electron chi connectivity index (χ3n) is 4.57. The highest BCUT2D eigenvalue weighted by molar-refractivity contribution is 7.99. The molecule has 3 heterocycles. The highest BCUT2D eigenvalue weighted by Crippen LogP contribution is 2.40. The molecular formula is C16H21NO2S. The van der Waals surface area contributed by atoms with E-state index < -0.39 is 0 Å². The summed E-state index contributed by atoms with van der Waals surface area (Å²) in [4.78, 5) is 16.9.